The van der Waals surface area contributed by atoms with E-state index in [4.69, 9.17) is 5.11 Å². The second-order valence-electron chi connectivity index (χ2n) is 4.00. The summed E-state index contributed by atoms with van der Waals surface area (Å²) in [6.07, 6.45) is 3.02. The summed E-state index contributed by atoms with van der Waals surface area (Å²) >= 11 is 4.82. The summed E-state index contributed by atoms with van der Waals surface area (Å²) in [6, 6.07) is 7.58. The van der Waals surface area contributed by atoms with Gasteiger partial charge < -0.3 is 15.5 Å². The van der Waals surface area contributed by atoms with Gasteiger partial charge in [0.15, 0.2) is 0 Å². The molecule has 3 N–H and O–H groups in total. The maximum Gasteiger partial charge on any atom is 0.339 e. The Kier molecular flexibility index (Phi) is 4.77. The zero-order valence-electron chi connectivity index (χ0n) is 10.5. The van der Waals surface area contributed by atoms with Gasteiger partial charge in [-0.25, -0.2) is 4.79 Å². The summed E-state index contributed by atoms with van der Waals surface area (Å²) in [4.78, 5) is 23.4. The first-order valence-electron chi connectivity index (χ1n) is 5.76. The maximum absolute atomic E-state index is 11.7. The molecule has 0 radical (unpaired) electrons. The second kappa shape index (κ2) is 6.55. The number of phenols is 1. The molecule has 1 aromatic carbocycles. The number of hydrogen-bond donors (Lipinski definition) is 3. The van der Waals surface area contributed by atoms with E-state index >= 15 is 0 Å². The van der Waals surface area contributed by atoms with Crippen molar-refractivity contribution in [2.75, 3.05) is 5.32 Å². The molecule has 7 heteroatoms. The fraction of sp³-hybridized carbons (Fsp3) is 0. The Labute approximate surface area is 132 Å². The van der Waals surface area contributed by atoms with E-state index in [-0.39, 0.29) is 11.5 Å². The molecule has 0 saturated carbocycles. The molecule has 5 nitrogen and oxygen atoms in total. The molecule has 21 heavy (non-hydrogen) atoms. The molecule has 0 aliphatic carbocycles. The van der Waals surface area contributed by atoms with Crippen LogP contribution in [0.15, 0.2) is 40.2 Å². The van der Waals surface area contributed by atoms with Gasteiger partial charge in [0, 0.05) is 22.7 Å². The quantitative estimate of drug-likeness (QED) is 0.721. The molecule has 0 aliphatic heterocycles. The van der Waals surface area contributed by atoms with Crippen LogP contribution in [0.2, 0.25) is 0 Å². The van der Waals surface area contributed by atoms with Crippen LogP contribution in [0.5, 0.6) is 5.75 Å². The lowest BCUT2D eigenvalue weighted by atomic mass is 10.2. The lowest BCUT2D eigenvalue weighted by molar-refractivity contribution is -0.111. The molecule has 0 atom stereocenters. The predicted molar refractivity (Wildman–Crippen MR) is 84.7 cm³/mol. The third-order valence-corrected chi connectivity index (χ3v) is 4.08. The van der Waals surface area contributed by atoms with Gasteiger partial charge in [-0.15, -0.1) is 11.3 Å². The molecule has 0 saturated heterocycles. The minimum Gasteiger partial charge on any atom is -0.507 e. The van der Waals surface area contributed by atoms with Crippen LogP contribution in [-0.4, -0.2) is 22.1 Å². The molecule has 0 unspecified atom stereocenters. The molecule has 1 amide bonds. The Hall–Kier alpha value is -2.12. The molecule has 1 aromatic heterocycles. The van der Waals surface area contributed by atoms with Crippen molar-refractivity contribution in [3.8, 4) is 5.75 Å². The van der Waals surface area contributed by atoms with E-state index in [0.29, 0.717) is 5.69 Å². The van der Waals surface area contributed by atoms with E-state index in [2.05, 4.69) is 21.2 Å². The van der Waals surface area contributed by atoms with E-state index in [0.717, 1.165) is 8.66 Å². The summed E-state index contributed by atoms with van der Waals surface area (Å²) in [5, 5.41) is 20.9. The molecular formula is C14H10BrNO4S. The number of rotatable bonds is 4. The third kappa shape index (κ3) is 4.17. The van der Waals surface area contributed by atoms with Crippen LogP contribution in [0, 0.1) is 0 Å². The third-order valence-electron chi connectivity index (χ3n) is 2.49. The molecule has 0 bridgehead atoms. The number of thiophene rings is 1. The average Bonchev–Trinajstić information content (AvgIpc) is 2.82. The highest BCUT2D eigenvalue weighted by atomic mass is 79.9. The number of aromatic hydroxyl groups is 1. The highest BCUT2D eigenvalue weighted by molar-refractivity contribution is 9.11. The van der Waals surface area contributed by atoms with Gasteiger partial charge >= 0.3 is 5.97 Å². The lowest BCUT2D eigenvalue weighted by Crippen LogP contribution is -2.08. The number of amides is 1. The first-order valence-corrected chi connectivity index (χ1v) is 7.37. The molecule has 2 rings (SSSR count). The summed E-state index contributed by atoms with van der Waals surface area (Å²) in [7, 11) is 0. The van der Waals surface area contributed by atoms with Crippen molar-refractivity contribution >= 4 is 50.9 Å². The van der Waals surface area contributed by atoms with Crippen LogP contribution in [0.3, 0.4) is 0 Å². The highest BCUT2D eigenvalue weighted by Crippen LogP contribution is 2.24. The zero-order chi connectivity index (χ0) is 15.4. The van der Waals surface area contributed by atoms with E-state index in [9.17, 15) is 14.7 Å². The van der Waals surface area contributed by atoms with Gasteiger partial charge in [0.2, 0.25) is 5.91 Å². The summed E-state index contributed by atoms with van der Waals surface area (Å²) in [5.41, 5.74) is 0.103. The maximum atomic E-state index is 11.7. The van der Waals surface area contributed by atoms with Gasteiger partial charge in [-0.05, 0) is 46.3 Å². The number of aromatic carboxylic acids is 1. The predicted octanol–water partition coefficient (Wildman–Crippen LogP) is 3.57. The number of carbonyl (C=O) groups is 2. The Morgan fingerprint density at radius 1 is 1.24 bits per heavy atom. The van der Waals surface area contributed by atoms with Crippen LogP contribution < -0.4 is 5.32 Å². The Morgan fingerprint density at radius 3 is 2.57 bits per heavy atom. The molecule has 2 aromatic rings. The monoisotopic (exact) mass is 367 g/mol. The fourth-order valence-electron chi connectivity index (χ4n) is 1.55. The van der Waals surface area contributed by atoms with E-state index in [1.165, 1.54) is 35.6 Å². The van der Waals surface area contributed by atoms with Crippen LogP contribution in [0.1, 0.15) is 15.2 Å². The van der Waals surface area contributed by atoms with Crippen molar-refractivity contribution in [3.63, 3.8) is 0 Å². The normalized spacial score (nSPS) is 10.7. The first-order chi connectivity index (χ1) is 9.95. The van der Waals surface area contributed by atoms with Gasteiger partial charge in [-0.3, -0.25) is 4.79 Å². The van der Waals surface area contributed by atoms with Gasteiger partial charge in [-0.1, -0.05) is 0 Å². The number of carboxylic acid groups (broad SMARTS) is 1. The first kappa shape index (κ1) is 15.3. The van der Waals surface area contributed by atoms with Crippen molar-refractivity contribution in [1.82, 2.24) is 0 Å². The summed E-state index contributed by atoms with van der Waals surface area (Å²) in [5.74, 6) is -2.00. The van der Waals surface area contributed by atoms with Crippen molar-refractivity contribution in [3.05, 3.63) is 50.6 Å². The van der Waals surface area contributed by atoms with Crippen molar-refractivity contribution in [2.24, 2.45) is 0 Å². The number of hydrogen-bond acceptors (Lipinski definition) is 4. The smallest absolute Gasteiger partial charge is 0.339 e. The van der Waals surface area contributed by atoms with Crippen LogP contribution >= 0.6 is 27.3 Å². The largest absolute Gasteiger partial charge is 0.507 e. The molecule has 108 valence electrons. The van der Waals surface area contributed by atoms with Crippen molar-refractivity contribution < 1.29 is 19.8 Å². The number of halogens is 1. The van der Waals surface area contributed by atoms with Crippen LogP contribution in [-0.2, 0) is 4.79 Å². The highest BCUT2D eigenvalue weighted by Gasteiger charge is 2.10. The van der Waals surface area contributed by atoms with E-state index in [1.807, 2.05) is 12.1 Å². The van der Waals surface area contributed by atoms with Crippen LogP contribution in [0.4, 0.5) is 5.69 Å². The lowest BCUT2D eigenvalue weighted by Gasteiger charge is -2.04. The molecule has 1 heterocycles. The minimum atomic E-state index is -1.23. The zero-order valence-corrected chi connectivity index (χ0v) is 12.9. The Morgan fingerprint density at radius 2 is 2.00 bits per heavy atom. The topological polar surface area (TPSA) is 86.6 Å². The average molecular weight is 368 g/mol. The number of anilines is 1. The molecule has 0 aliphatic rings. The van der Waals surface area contributed by atoms with Crippen LogP contribution in [0.25, 0.3) is 6.08 Å². The van der Waals surface area contributed by atoms with Gasteiger partial charge in [-0.2, -0.15) is 0 Å². The molecular weight excluding hydrogens is 358 g/mol. The number of nitrogens with one attached hydrogen (secondary N) is 1. The summed E-state index contributed by atoms with van der Waals surface area (Å²) < 4.78 is 0.969. The van der Waals surface area contributed by atoms with Crippen molar-refractivity contribution in [1.29, 1.82) is 0 Å². The number of carbonyl (C=O) groups excluding carboxylic acids is 1. The Bertz CT molecular complexity index is 724. The second-order valence-corrected chi connectivity index (χ2v) is 6.50. The van der Waals surface area contributed by atoms with E-state index < -0.39 is 11.7 Å². The number of benzene rings is 1. The molecule has 0 spiro atoms. The van der Waals surface area contributed by atoms with Crippen molar-refractivity contribution in [2.45, 2.75) is 0 Å². The summed E-state index contributed by atoms with van der Waals surface area (Å²) in [6.45, 7) is 0. The Balaban J connectivity index is 2.04. The minimum absolute atomic E-state index is 0.216. The van der Waals surface area contributed by atoms with E-state index in [1.54, 1.807) is 6.08 Å². The molecule has 0 fully saturated rings. The standard InChI is InChI=1S/C14H10BrNO4S/c15-12-5-2-9(21-12)3-6-13(18)16-8-1-4-10(14(19)20)11(17)7-8/h1-7,17H,(H,16,18)(H,19,20)/b6-3+. The number of carboxylic acids is 1. The van der Waals surface area contributed by atoms with Gasteiger partial charge in [0.05, 0.1) is 3.79 Å². The van der Waals surface area contributed by atoms with Gasteiger partial charge in [0.1, 0.15) is 11.3 Å². The van der Waals surface area contributed by atoms with Gasteiger partial charge in [0.25, 0.3) is 0 Å². The SMILES string of the molecule is O=C(/C=C/c1ccc(Br)s1)Nc1ccc(C(=O)O)c(O)c1. The fourth-order valence-corrected chi connectivity index (χ4v) is 2.88.